The maximum absolute atomic E-state index is 5.81. The van der Waals surface area contributed by atoms with E-state index in [1.165, 1.54) is 0 Å². The van der Waals surface area contributed by atoms with Gasteiger partial charge in [-0.2, -0.15) is 10.1 Å². The average Bonchev–Trinajstić information content (AvgIpc) is 2.81. The van der Waals surface area contributed by atoms with Crippen molar-refractivity contribution in [2.75, 3.05) is 7.11 Å². The predicted octanol–water partition coefficient (Wildman–Crippen LogP) is 2.48. The summed E-state index contributed by atoms with van der Waals surface area (Å²) < 4.78 is 6.89. The average molecular weight is 261 g/mol. The van der Waals surface area contributed by atoms with Crippen LogP contribution in [-0.4, -0.2) is 26.9 Å². The van der Waals surface area contributed by atoms with Crippen molar-refractivity contribution in [3.05, 3.63) is 41.9 Å². The zero-order valence-corrected chi connectivity index (χ0v) is 10.3. The van der Waals surface area contributed by atoms with Crippen LogP contribution in [-0.2, 0) is 0 Å². The molecule has 0 saturated carbocycles. The topological polar surface area (TPSA) is 52.8 Å². The van der Waals surface area contributed by atoms with Crippen molar-refractivity contribution in [2.24, 2.45) is 0 Å². The van der Waals surface area contributed by atoms with Crippen molar-refractivity contribution in [3.8, 4) is 11.4 Å². The molecule has 0 unspecified atom stereocenters. The lowest BCUT2D eigenvalue weighted by Gasteiger charge is -2.05. The van der Waals surface area contributed by atoms with Gasteiger partial charge in [-0.05, 0) is 23.7 Å². The molecule has 0 atom stereocenters. The zero-order chi connectivity index (χ0) is 12.5. The van der Waals surface area contributed by atoms with Crippen molar-refractivity contribution < 1.29 is 4.74 Å². The third kappa shape index (κ3) is 1.78. The number of aromatic nitrogens is 4. The Hall–Kier alpha value is -2.14. The van der Waals surface area contributed by atoms with Crippen LogP contribution in [0.25, 0.3) is 16.7 Å². The number of hydrogen-bond acceptors (Lipinski definition) is 4. The first kappa shape index (κ1) is 11.0. The van der Waals surface area contributed by atoms with E-state index < -0.39 is 0 Å². The second-order valence-electron chi connectivity index (χ2n) is 3.68. The molecule has 1 aromatic carbocycles. The lowest BCUT2D eigenvalue weighted by Crippen LogP contribution is -1.98. The van der Waals surface area contributed by atoms with Gasteiger partial charge in [-0.3, -0.25) is 0 Å². The second kappa shape index (κ2) is 4.27. The number of rotatable bonds is 2. The van der Waals surface area contributed by atoms with Gasteiger partial charge < -0.3 is 4.74 Å². The Bertz CT molecular complexity index is 710. The second-order valence-corrected chi connectivity index (χ2v) is 4.01. The minimum absolute atomic E-state index is 0.201. The fourth-order valence-corrected chi connectivity index (χ4v) is 1.86. The molecule has 0 aliphatic carbocycles. The first-order valence-electron chi connectivity index (χ1n) is 5.28. The Balaban J connectivity index is 2.21. The largest absolute Gasteiger partial charge is 0.497 e. The first-order valence-corrected chi connectivity index (χ1v) is 5.66. The molecule has 0 aliphatic heterocycles. The summed E-state index contributed by atoms with van der Waals surface area (Å²) in [6.45, 7) is 0. The van der Waals surface area contributed by atoms with Crippen molar-refractivity contribution in [3.63, 3.8) is 0 Å². The van der Waals surface area contributed by atoms with Gasteiger partial charge in [0.15, 0.2) is 5.65 Å². The summed E-state index contributed by atoms with van der Waals surface area (Å²) in [4.78, 5) is 8.11. The predicted molar refractivity (Wildman–Crippen MR) is 68.2 cm³/mol. The van der Waals surface area contributed by atoms with Gasteiger partial charge in [0.2, 0.25) is 5.28 Å². The molecule has 2 aromatic heterocycles. The molecule has 6 heteroatoms. The van der Waals surface area contributed by atoms with Crippen LogP contribution in [0.1, 0.15) is 0 Å². The van der Waals surface area contributed by atoms with Gasteiger partial charge in [0, 0.05) is 12.3 Å². The minimum atomic E-state index is 0.201. The molecule has 3 rings (SSSR count). The molecule has 18 heavy (non-hydrogen) atoms. The molecule has 0 radical (unpaired) electrons. The maximum Gasteiger partial charge on any atom is 0.224 e. The number of benzene rings is 1. The van der Waals surface area contributed by atoms with Gasteiger partial charge >= 0.3 is 0 Å². The van der Waals surface area contributed by atoms with Crippen LogP contribution in [0.3, 0.4) is 0 Å². The summed E-state index contributed by atoms with van der Waals surface area (Å²) in [6, 6.07) is 7.56. The Morgan fingerprint density at radius 1 is 1.28 bits per heavy atom. The first-order chi connectivity index (χ1) is 8.78. The van der Waals surface area contributed by atoms with E-state index in [0.29, 0.717) is 5.65 Å². The molecule has 0 bridgehead atoms. The Labute approximate surface area is 108 Å². The molecule has 5 nitrogen and oxygen atoms in total. The van der Waals surface area contributed by atoms with Crippen LogP contribution >= 0.6 is 11.6 Å². The summed E-state index contributed by atoms with van der Waals surface area (Å²) in [6.07, 6.45) is 3.35. The number of ether oxygens (including phenoxy) is 1. The fourth-order valence-electron chi connectivity index (χ4n) is 1.73. The highest BCUT2D eigenvalue weighted by Gasteiger charge is 2.08. The van der Waals surface area contributed by atoms with Crippen molar-refractivity contribution in [1.29, 1.82) is 0 Å². The van der Waals surface area contributed by atoms with Gasteiger partial charge in [0.05, 0.1) is 24.4 Å². The van der Waals surface area contributed by atoms with Gasteiger partial charge in [-0.15, -0.1) is 0 Å². The third-order valence-electron chi connectivity index (χ3n) is 2.58. The highest BCUT2D eigenvalue weighted by atomic mass is 35.5. The van der Waals surface area contributed by atoms with Crippen LogP contribution in [0.5, 0.6) is 5.75 Å². The summed E-state index contributed by atoms with van der Waals surface area (Å²) >= 11 is 5.81. The number of hydrogen-bond donors (Lipinski definition) is 0. The lowest BCUT2D eigenvalue weighted by molar-refractivity contribution is 0.414. The van der Waals surface area contributed by atoms with Crippen molar-refractivity contribution in [1.82, 2.24) is 19.7 Å². The van der Waals surface area contributed by atoms with Gasteiger partial charge in [-0.1, -0.05) is 6.07 Å². The number of nitrogens with zero attached hydrogens (tertiary/aromatic N) is 4. The Kier molecular flexibility index (Phi) is 2.60. The van der Waals surface area contributed by atoms with E-state index in [0.717, 1.165) is 16.8 Å². The van der Waals surface area contributed by atoms with Crippen LogP contribution in [0.15, 0.2) is 36.7 Å². The van der Waals surface area contributed by atoms with Crippen molar-refractivity contribution in [2.45, 2.75) is 0 Å². The standard InChI is InChI=1S/C12H9ClN4O/c1-18-10-4-2-3-9(5-10)17-11-8(7-15-17)6-14-12(13)16-11/h2-7H,1H3. The van der Waals surface area contributed by atoms with E-state index in [9.17, 15) is 0 Å². The summed E-state index contributed by atoms with van der Waals surface area (Å²) in [7, 11) is 1.62. The van der Waals surface area contributed by atoms with E-state index in [2.05, 4.69) is 15.1 Å². The van der Waals surface area contributed by atoms with E-state index in [-0.39, 0.29) is 5.28 Å². The molecule has 0 spiro atoms. The minimum Gasteiger partial charge on any atom is -0.497 e. The molecule has 0 N–H and O–H groups in total. The monoisotopic (exact) mass is 260 g/mol. The van der Waals surface area contributed by atoms with Crippen LogP contribution in [0.4, 0.5) is 0 Å². The Morgan fingerprint density at radius 2 is 2.17 bits per heavy atom. The zero-order valence-electron chi connectivity index (χ0n) is 9.54. The highest BCUT2D eigenvalue weighted by molar-refractivity contribution is 6.28. The summed E-state index contributed by atoms with van der Waals surface area (Å²) in [5.74, 6) is 0.760. The molecule has 3 aromatic rings. The van der Waals surface area contributed by atoms with E-state index in [4.69, 9.17) is 16.3 Å². The SMILES string of the molecule is COc1cccc(-n2ncc3cnc(Cl)nc32)c1. The Morgan fingerprint density at radius 3 is 3.00 bits per heavy atom. The molecule has 0 saturated heterocycles. The lowest BCUT2D eigenvalue weighted by atomic mass is 10.3. The molecular weight excluding hydrogens is 252 g/mol. The molecule has 90 valence electrons. The van der Waals surface area contributed by atoms with Crippen LogP contribution < -0.4 is 4.74 Å². The normalized spacial score (nSPS) is 10.8. The van der Waals surface area contributed by atoms with Crippen molar-refractivity contribution >= 4 is 22.6 Å². The number of halogens is 1. The number of methoxy groups -OCH3 is 1. The summed E-state index contributed by atoms with van der Waals surface area (Å²) in [5.41, 5.74) is 1.53. The molecular formula is C12H9ClN4O. The molecule has 2 heterocycles. The van der Waals surface area contributed by atoms with Gasteiger partial charge in [0.25, 0.3) is 0 Å². The smallest absolute Gasteiger partial charge is 0.224 e. The van der Waals surface area contributed by atoms with E-state index in [1.807, 2.05) is 24.3 Å². The number of fused-ring (bicyclic) bond motifs is 1. The fraction of sp³-hybridized carbons (Fsp3) is 0.0833. The van der Waals surface area contributed by atoms with Gasteiger partial charge in [0.1, 0.15) is 5.75 Å². The maximum atomic E-state index is 5.81. The summed E-state index contributed by atoms with van der Waals surface area (Å²) in [5, 5.41) is 5.32. The van der Waals surface area contributed by atoms with E-state index >= 15 is 0 Å². The third-order valence-corrected chi connectivity index (χ3v) is 2.76. The molecule has 0 aliphatic rings. The molecule has 0 fully saturated rings. The molecule has 0 amide bonds. The van der Waals surface area contributed by atoms with Crippen LogP contribution in [0, 0.1) is 0 Å². The van der Waals surface area contributed by atoms with E-state index in [1.54, 1.807) is 24.2 Å². The quantitative estimate of drug-likeness (QED) is 0.664. The van der Waals surface area contributed by atoms with Crippen LogP contribution in [0.2, 0.25) is 5.28 Å². The highest BCUT2D eigenvalue weighted by Crippen LogP contribution is 2.20. The van der Waals surface area contributed by atoms with Gasteiger partial charge in [-0.25, -0.2) is 9.67 Å².